The first kappa shape index (κ1) is 14.6. The van der Waals surface area contributed by atoms with Gasteiger partial charge in [-0.1, -0.05) is 0 Å². The molecule has 0 radical (unpaired) electrons. The van der Waals surface area contributed by atoms with Gasteiger partial charge in [0.05, 0.1) is 17.7 Å². The zero-order valence-electron chi connectivity index (χ0n) is 7.95. The molecule has 0 fully saturated rings. The van der Waals surface area contributed by atoms with E-state index in [0.717, 1.165) is 0 Å². The molecule has 1 nitrogen and oxygen atoms in total. The topological polar surface area (TPSA) is 20.2 Å². The van der Waals surface area contributed by atoms with Gasteiger partial charge >= 0.3 is 12.4 Å². The van der Waals surface area contributed by atoms with E-state index in [1.807, 2.05) is 0 Å². The summed E-state index contributed by atoms with van der Waals surface area (Å²) in [7, 11) is 0. The highest BCUT2D eigenvalue weighted by Crippen LogP contribution is 2.39. The molecule has 1 aromatic carbocycles. The van der Waals surface area contributed by atoms with E-state index in [4.69, 9.17) is 5.11 Å². The summed E-state index contributed by atoms with van der Waals surface area (Å²) in [5, 5.41) is 8.69. The first-order chi connectivity index (χ1) is 7.57. The number of aliphatic hydroxyl groups is 1. The first-order valence-corrected chi connectivity index (χ1v) is 5.23. The number of benzene rings is 1. The standard InChI is InChI=1S/C9H5F6IO/c10-8(11,12)5-2-7(16)6(9(13,14)15)1-4(5)3-17/h1-2,17H,3H2. The predicted molar refractivity (Wildman–Crippen MR) is 55.1 cm³/mol. The summed E-state index contributed by atoms with van der Waals surface area (Å²) >= 11 is 1.18. The molecule has 0 saturated heterocycles. The van der Waals surface area contributed by atoms with E-state index in [0.29, 0.717) is 12.1 Å². The van der Waals surface area contributed by atoms with E-state index in [-0.39, 0.29) is 0 Å². The Morgan fingerprint density at radius 3 is 1.76 bits per heavy atom. The molecule has 0 aliphatic carbocycles. The van der Waals surface area contributed by atoms with Gasteiger partial charge in [0, 0.05) is 3.57 Å². The molecule has 0 saturated carbocycles. The molecule has 0 unspecified atom stereocenters. The van der Waals surface area contributed by atoms with Crippen molar-refractivity contribution in [3.63, 3.8) is 0 Å². The van der Waals surface area contributed by atoms with Crippen molar-refractivity contribution < 1.29 is 31.4 Å². The van der Waals surface area contributed by atoms with Crippen LogP contribution in [-0.4, -0.2) is 5.11 Å². The van der Waals surface area contributed by atoms with Crippen molar-refractivity contribution >= 4 is 22.6 Å². The second-order valence-electron chi connectivity index (χ2n) is 3.14. The molecule has 0 amide bonds. The number of rotatable bonds is 1. The number of hydrogen-bond donors (Lipinski definition) is 1. The van der Waals surface area contributed by atoms with Crippen LogP contribution in [0.1, 0.15) is 16.7 Å². The Morgan fingerprint density at radius 1 is 0.941 bits per heavy atom. The SMILES string of the molecule is OCc1cc(C(F)(F)F)c(I)cc1C(F)(F)F. The van der Waals surface area contributed by atoms with Gasteiger partial charge in [0.15, 0.2) is 0 Å². The molecule has 96 valence electrons. The van der Waals surface area contributed by atoms with Crippen LogP contribution in [-0.2, 0) is 19.0 Å². The zero-order chi connectivity index (χ0) is 13.4. The van der Waals surface area contributed by atoms with E-state index in [1.165, 1.54) is 22.6 Å². The van der Waals surface area contributed by atoms with Crippen LogP contribution < -0.4 is 0 Å². The molecule has 0 aliphatic heterocycles. The second-order valence-corrected chi connectivity index (χ2v) is 4.31. The van der Waals surface area contributed by atoms with Crippen molar-refractivity contribution in [2.75, 3.05) is 0 Å². The third-order valence-corrected chi connectivity index (χ3v) is 2.87. The van der Waals surface area contributed by atoms with Crippen molar-refractivity contribution in [1.29, 1.82) is 0 Å². The van der Waals surface area contributed by atoms with Gasteiger partial charge in [0.25, 0.3) is 0 Å². The molecule has 0 aromatic heterocycles. The maximum absolute atomic E-state index is 12.4. The quantitative estimate of drug-likeness (QED) is 0.589. The molecule has 17 heavy (non-hydrogen) atoms. The van der Waals surface area contributed by atoms with E-state index in [2.05, 4.69) is 0 Å². The van der Waals surface area contributed by atoms with Crippen LogP contribution >= 0.6 is 22.6 Å². The maximum atomic E-state index is 12.4. The zero-order valence-corrected chi connectivity index (χ0v) is 10.1. The van der Waals surface area contributed by atoms with Gasteiger partial charge < -0.3 is 5.11 Å². The summed E-state index contributed by atoms with van der Waals surface area (Å²) in [6.45, 7) is -1.10. The number of hydrogen-bond acceptors (Lipinski definition) is 1. The largest absolute Gasteiger partial charge is 0.417 e. The molecule has 0 heterocycles. The molecular weight excluding hydrogens is 365 g/mol. The highest BCUT2D eigenvalue weighted by Gasteiger charge is 2.38. The van der Waals surface area contributed by atoms with Gasteiger partial charge in [-0.15, -0.1) is 0 Å². The minimum atomic E-state index is -4.79. The van der Waals surface area contributed by atoms with Crippen LogP contribution in [0.15, 0.2) is 12.1 Å². The Kier molecular flexibility index (Phi) is 3.97. The van der Waals surface area contributed by atoms with Gasteiger partial charge in [-0.2, -0.15) is 26.3 Å². The van der Waals surface area contributed by atoms with Crippen LogP contribution in [0.3, 0.4) is 0 Å². The highest BCUT2D eigenvalue weighted by atomic mass is 127. The average molecular weight is 370 g/mol. The fourth-order valence-corrected chi connectivity index (χ4v) is 2.00. The number of halogens is 7. The lowest BCUT2D eigenvalue weighted by Crippen LogP contribution is -2.14. The van der Waals surface area contributed by atoms with Crippen LogP contribution in [0.4, 0.5) is 26.3 Å². The molecule has 1 aromatic rings. The molecule has 1 rings (SSSR count). The monoisotopic (exact) mass is 370 g/mol. The molecule has 0 spiro atoms. The fourth-order valence-electron chi connectivity index (χ4n) is 1.23. The first-order valence-electron chi connectivity index (χ1n) is 4.15. The van der Waals surface area contributed by atoms with Crippen molar-refractivity contribution in [1.82, 2.24) is 0 Å². The van der Waals surface area contributed by atoms with Gasteiger partial charge in [-0.25, -0.2) is 0 Å². The lowest BCUT2D eigenvalue weighted by atomic mass is 10.0. The fraction of sp³-hybridized carbons (Fsp3) is 0.333. The molecule has 0 aliphatic rings. The smallest absolute Gasteiger partial charge is 0.392 e. The van der Waals surface area contributed by atoms with E-state index >= 15 is 0 Å². The Morgan fingerprint density at radius 2 is 1.41 bits per heavy atom. The van der Waals surface area contributed by atoms with Gasteiger partial charge in [0.2, 0.25) is 0 Å². The minimum Gasteiger partial charge on any atom is -0.392 e. The van der Waals surface area contributed by atoms with Crippen LogP contribution in [0.5, 0.6) is 0 Å². The van der Waals surface area contributed by atoms with Gasteiger partial charge in [0.1, 0.15) is 0 Å². The molecule has 1 N–H and O–H groups in total. The Bertz CT molecular complexity index is 423. The number of alkyl halides is 6. The van der Waals surface area contributed by atoms with E-state index in [9.17, 15) is 26.3 Å². The van der Waals surface area contributed by atoms with Gasteiger partial charge in [-0.3, -0.25) is 0 Å². The average Bonchev–Trinajstić information content (AvgIpc) is 2.14. The van der Waals surface area contributed by atoms with Crippen molar-refractivity contribution in [2.24, 2.45) is 0 Å². The van der Waals surface area contributed by atoms with Gasteiger partial charge in [-0.05, 0) is 40.3 Å². The van der Waals surface area contributed by atoms with Crippen molar-refractivity contribution in [3.8, 4) is 0 Å². The summed E-state index contributed by atoms with van der Waals surface area (Å²) < 4.78 is 74.1. The van der Waals surface area contributed by atoms with E-state index in [1.54, 1.807) is 0 Å². The molecular formula is C9H5F6IO. The predicted octanol–water partition coefficient (Wildman–Crippen LogP) is 3.82. The summed E-state index contributed by atoms with van der Waals surface area (Å²) in [5.74, 6) is 0. The summed E-state index contributed by atoms with van der Waals surface area (Å²) in [6, 6.07) is 0.708. The third-order valence-electron chi connectivity index (χ3n) is 1.97. The minimum absolute atomic E-state index is 0.324. The summed E-state index contributed by atoms with van der Waals surface area (Å²) in [5.41, 5.74) is -3.22. The van der Waals surface area contributed by atoms with E-state index < -0.39 is 39.2 Å². The normalized spacial score (nSPS) is 12.9. The number of aliphatic hydroxyl groups excluding tert-OH is 1. The lowest BCUT2D eigenvalue weighted by molar-refractivity contribution is -0.142. The summed E-state index contributed by atoms with van der Waals surface area (Å²) in [4.78, 5) is 0. The van der Waals surface area contributed by atoms with Crippen LogP contribution in [0.2, 0.25) is 0 Å². The summed E-state index contributed by atoms with van der Waals surface area (Å²) in [6.07, 6.45) is -9.54. The Hall–Kier alpha value is -0.510. The van der Waals surface area contributed by atoms with Crippen LogP contribution in [0.25, 0.3) is 0 Å². The molecule has 0 atom stereocenters. The maximum Gasteiger partial charge on any atom is 0.417 e. The van der Waals surface area contributed by atoms with Crippen molar-refractivity contribution in [2.45, 2.75) is 19.0 Å². The Labute approximate surface area is 106 Å². The lowest BCUT2D eigenvalue weighted by Gasteiger charge is -2.16. The molecule has 0 bridgehead atoms. The third kappa shape index (κ3) is 3.24. The Balaban J connectivity index is 3.46. The van der Waals surface area contributed by atoms with Crippen LogP contribution in [0, 0.1) is 3.57 Å². The molecule has 8 heteroatoms. The second kappa shape index (κ2) is 4.63. The van der Waals surface area contributed by atoms with Crippen molar-refractivity contribution in [3.05, 3.63) is 32.4 Å². The highest BCUT2D eigenvalue weighted by molar-refractivity contribution is 14.1.